The second-order valence-corrected chi connectivity index (χ2v) is 7.71. The van der Waals surface area contributed by atoms with Crippen molar-refractivity contribution in [3.05, 3.63) is 0 Å². The lowest BCUT2D eigenvalue weighted by molar-refractivity contribution is -0.122. The monoisotopic (exact) mass is 336 g/mol. The fraction of sp³-hybridized carbons (Fsp3) is 0.889. The third-order valence-electron chi connectivity index (χ3n) is 5.64. The SMILES string of the molecule is O=C(CCCNC(=O)NC1CCCCC1)NC1CC2CCC(C1)N2. The molecule has 2 bridgehead atoms. The van der Waals surface area contributed by atoms with Gasteiger partial charge in [-0.25, -0.2) is 4.79 Å². The van der Waals surface area contributed by atoms with Crippen molar-refractivity contribution in [2.75, 3.05) is 6.54 Å². The molecule has 6 nitrogen and oxygen atoms in total. The van der Waals surface area contributed by atoms with Crippen LogP contribution in [0.3, 0.4) is 0 Å². The molecule has 3 aliphatic rings. The van der Waals surface area contributed by atoms with Crippen molar-refractivity contribution in [3.8, 4) is 0 Å². The van der Waals surface area contributed by atoms with Crippen LogP contribution in [0.5, 0.6) is 0 Å². The lowest BCUT2D eigenvalue weighted by atomic mass is 9.96. The van der Waals surface area contributed by atoms with Gasteiger partial charge in [-0.1, -0.05) is 19.3 Å². The van der Waals surface area contributed by atoms with Crippen LogP contribution in [0.1, 0.15) is 70.6 Å². The fourth-order valence-electron chi connectivity index (χ4n) is 4.41. The third kappa shape index (κ3) is 5.36. The van der Waals surface area contributed by atoms with Crippen LogP contribution in [0, 0.1) is 0 Å². The summed E-state index contributed by atoms with van der Waals surface area (Å²) in [4.78, 5) is 23.9. The first-order valence-electron chi connectivity index (χ1n) is 9.79. The number of hydrogen-bond donors (Lipinski definition) is 4. The molecule has 0 aromatic carbocycles. The fourth-order valence-corrected chi connectivity index (χ4v) is 4.41. The maximum Gasteiger partial charge on any atom is 0.315 e. The third-order valence-corrected chi connectivity index (χ3v) is 5.64. The van der Waals surface area contributed by atoms with E-state index in [0.717, 1.165) is 25.7 Å². The van der Waals surface area contributed by atoms with Crippen molar-refractivity contribution in [1.29, 1.82) is 0 Å². The largest absolute Gasteiger partial charge is 0.353 e. The van der Waals surface area contributed by atoms with Crippen LogP contribution in [0.25, 0.3) is 0 Å². The normalized spacial score (nSPS) is 29.9. The van der Waals surface area contributed by atoms with E-state index in [0.29, 0.717) is 43.6 Å². The van der Waals surface area contributed by atoms with E-state index in [-0.39, 0.29) is 11.9 Å². The topological polar surface area (TPSA) is 82.3 Å². The molecular weight excluding hydrogens is 304 g/mol. The molecule has 2 atom stereocenters. The first kappa shape index (κ1) is 17.5. The average Bonchev–Trinajstić information content (AvgIpc) is 2.91. The summed E-state index contributed by atoms with van der Waals surface area (Å²) in [5.41, 5.74) is 0. The number of amides is 3. The van der Waals surface area contributed by atoms with Gasteiger partial charge in [0.25, 0.3) is 0 Å². The second-order valence-electron chi connectivity index (χ2n) is 7.71. The van der Waals surface area contributed by atoms with Crippen molar-refractivity contribution in [2.45, 2.75) is 94.8 Å². The summed E-state index contributed by atoms with van der Waals surface area (Å²) in [6.07, 6.45) is 11.7. The Morgan fingerprint density at radius 1 is 0.875 bits per heavy atom. The summed E-state index contributed by atoms with van der Waals surface area (Å²) >= 11 is 0. The molecule has 3 amide bonds. The van der Waals surface area contributed by atoms with Crippen LogP contribution in [0.15, 0.2) is 0 Å². The van der Waals surface area contributed by atoms with E-state index < -0.39 is 0 Å². The van der Waals surface area contributed by atoms with Gasteiger partial charge in [0.15, 0.2) is 0 Å². The van der Waals surface area contributed by atoms with Crippen molar-refractivity contribution in [3.63, 3.8) is 0 Å². The minimum Gasteiger partial charge on any atom is -0.353 e. The Bertz CT molecular complexity index is 425. The van der Waals surface area contributed by atoms with Crippen LogP contribution >= 0.6 is 0 Å². The number of piperidine rings is 1. The van der Waals surface area contributed by atoms with Crippen molar-refractivity contribution >= 4 is 11.9 Å². The van der Waals surface area contributed by atoms with Gasteiger partial charge in [-0.15, -0.1) is 0 Å². The molecule has 3 fully saturated rings. The molecule has 6 heteroatoms. The van der Waals surface area contributed by atoms with E-state index >= 15 is 0 Å². The Morgan fingerprint density at radius 2 is 1.58 bits per heavy atom. The molecule has 2 unspecified atom stereocenters. The van der Waals surface area contributed by atoms with Gasteiger partial charge in [-0.05, 0) is 44.9 Å². The minimum atomic E-state index is -0.0859. The molecule has 2 saturated heterocycles. The van der Waals surface area contributed by atoms with Crippen LogP contribution < -0.4 is 21.3 Å². The Hall–Kier alpha value is -1.30. The van der Waals surface area contributed by atoms with Crippen LogP contribution in [0.4, 0.5) is 4.79 Å². The molecule has 2 aliphatic heterocycles. The van der Waals surface area contributed by atoms with Gasteiger partial charge >= 0.3 is 6.03 Å². The molecule has 0 aromatic rings. The van der Waals surface area contributed by atoms with Crippen LogP contribution in [-0.4, -0.2) is 42.7 Å². The molecule has 0 radical (unpaired) electrons. The average molecular weight is 336 g/mol. The summed E-state index contributed by atoms with van der Waals surface area (Å²) in [6.45, 7) is 0.559. The summed E-state index contributed by atoms with van der Waals surface area (Å²) in [7, 11) is 0. The maximum absolute atomic E-state index is 12.0. The number of urea groups is 1. The molecule has 0 spiro atoms. The number of rotatable bonds is 6. The van der Waals surface area contributed by atoms with Gasteiger partial charge in [-0.2, -0.15) is 0 Å². The molecule has 0 aromatic heterocycles. The summed E-state index contributed by atoms with van der Waals surface area (Å²) < 4.78 is 0. The Labute approximate surface area is 144 Å². The summed E-state index contributed by atoms with van der Waals surface area (Å²) in [6, 6.07) is 1.77. The molecule has 4 N–H and O–H groups in total. The van der Waals surface area contributed by atoms with Crippen LogP contribution in [0.2, 0.25) is 0 Å². The van der Waals surface area contributed by atoms with Gasteiger partial charge in [0, 0.05) is 37.1 Å². The highest BCUT2D eigenvalue weighted by Crippen LogP contribution is 2.26. The molecular formula is C18H32N4O2. The number of fused-ring (bicyclic) bond motifs is 2. The minimum absolute atomic E-state index is 0.0859. The molecule has 3 rings (SSSR count). The second kappa shape index (κ2) is 8.70. The highest BCUT2D eigenvalue weighted by molar-refractivity contribution is 5.76. The van der Waals surface area contributed by atoms with E-state index in [9.17, 15) is 9.59 Å². The molecule has 2 heterocycles. The Balaban J connectivity index is 1.23. The molecule has 1 aliphatic carbocycles. The number of nitrogens with one attached hydrogen (secondary N) is 4. The van der Waals surface area contributed by atoms with Crippen molar-refractivity contribution in [2.24, 2.45) is 0 Å². The predicted molar refractivity (Wildman–Crippen MR) is 93.8 cm³/mol. The van der Waals surface area contributed by atoms with Gasteiger partial charge in [0.2, 0.25) is 5.91 Å². The summed E-state index contributed by atoms with van der Waals surface area (Å²) in [5.74, 6) is 0.121. The predicted octanol–water partition coefficient (Wildman–Crippen LogP) is 1.80. The molecule has 24 heavy (non-hydrogen) atoms. The zero-order chi connectivity index (χ0) is 16.8. The quantitative estimate of drug-likeness (QED) is 0.558. The highest BCUT2D eigenvalue weighted by atomic mass is 16.2. The smallest absolute Gasteiger partial charge is 0.315 e. The zero-order valence-corrected chi connectivity index (χ0v) is 14.6. The van der Waals surface area contributed by atoms with Crippen molar-refractivity contribution < 1.29 is 9.59 Å². The summed E-state index contributed by atoms with van der Waals surface area (Å²) in [5, 5.41) is 12.7. The first-order chi connectivity index (χ1) is 11.7. The van der Waals surface area contributed by atoms with Gasteiger partial charge in [-0.3, -0.25) is 4.79 Å². The van der Waals surface area contributed by atoms with E-state index in [1.54, 1.807) is 0 Å². The molecule has 136 valence electrons. The number of carbonyl (C=O) groups is 2. The van der Waals surface area contributed by atoms with E-state index in [1.807, 2.05) is 0 Å². The van der Waals surface area contributed by atoms with E-state index in [4.69, 9.17) is 0 Å². The number of carbonyl (C=O) groups excluding carboxylic acids is 2. The Kier molecular flexibility index (Phi) is 6.35. The maximum atomic E-state index is 12.0. The zero-order valence-electron chi connectivity index (χ0n) is 14.6. The standard InChI is InChI=1S/C18H32N4O2/c23-17(21-16-11-14-8-9-15(12-16)20-14)7-4-10-19-18(24)22-13-5-2-1-3-6-13/h13-16,20H,1-12H2,(H,21,23)(H2,19,22,24). The Morgan fingerprint density at radius 3 is 2.29 bits per heavy atom. The lowest BCUT2D eigenvalue weighted by Crippen LogP contribution is -2.48. The van der Waals surface area contributed by atoms with Gasteiger partial charge < -0.3 is 21.3 Å². The van der Waals surface area contributed by atoms with Crippen LogP contribution in [-0.2, 0) is 4.79 Å². The first-order valence-corrected chi connectivity index (χ1v) is 9.79. The van der Waals surface area contributed by atoms with Crippen molar-refractivity contribution in [1.82, 2.24) is 21.3 Å². The number of hydrogen-bond acceptors (Lipinski definition) is 3. The van der Waals surface area contributed by atoms with Gasteiger partial charge in [0.05, 0.1) is 0 Å². The molecule has 1 saturated carbocycles. The highest BCUT2D eigenvalue weighted by Gasteiger charge is 2.33. The van der Waals surface area contributed by atoms with E-state index in [2.05, 4.69) is 21.3 Å². The lowest BCUT2D eigenvalue weighted by Gasteiger charge is -2.29. The van der Waals surface area contributed by atoms with Gasteiger partial charge in [0.1, 0.15) is 0 Å². The van der Waals surface area contributed by atoms with E-state index in [1.165, 1.54) is 32.1 Å².